The van der Waals surface area contributed by atoms with Crippen LogP contribution in [-0.4, -0.2) is 26.8 Å². The number of nitro groups is 1. The zero-order valence-electron chi connectivity index (χ0n) is 15.1. The molecule has 2 saturated carbocycles. The van der Waals surface area contributed by atoms with Gasteiger partial charge in [0.15, 0.2) is 0 Å². The van der Waals surface area contributed by atoms with Gasteiger partial charge in [0.2, 0.25) is 0 Å². The van der Waals surface area contributed by atoms with Crippen molar-refractivity contribution in [1.82, 2.24) is 9.78 Å². The van der Waals surface area contributed by atoms with Gasteiger partial charge in [-0.1, -0.05) is 25.7 Å². The van der Waals surface area contributed by atoms with Gasteiger partial charge in [-0.2, -0.15) is 5.10 Å². The Balaban J connectivity index is 1.50. The van der Waals surface area contributed by atoms with E-state index >= 15 is 0 Å². The number of esters is 1. The first-order chi connectivity index (χ1) is 12.0. The van der Waals surface area contributed by atoms with Crippen LogP contribution in [0.1, 0.15) is 62.8 Å². The zero-order chi connectivity index (χ0) is 18.0. The summed E-state index contributed by atoms with van der Waals surface area (Å²) in [5, 5.41) is 15.2. The number of hydrogen-bond donors (Lipinski definition) is 0. The van der Waals surface area contributed by atoms with Crippen molar-refractivity contribution in [2.45, 2.75) is 77.9 Å². The Morgan fingerprint density at radius 1 is 1.24 bits per heavy atom. The molecule has 2 aliphatic rings. The summed E-state index contributed by atoms with van der Waals surface area (Å²) in [5.41, 5.74) is 0.897. The molecule has 0 aliphatic heterocycles. The minimum Gasteiger partial charge on any atom is -0.462 e. The van der Waals surface area contributed by atoms with Crippen molar-refractivity contribution in [1.29, 1.82) is 0 Å². The van der Waals surface area contributed by atoms with E-state index < -0.39 is 4.92 Å². The Kier molecular flexibility index (Phi) is 5.39. The van der Waals surface area contributed by atoms with E-state index in [2.05, 4.69) is 5.10 Å². The number of rotatable bonds is 5. The van der Waals surface area contributed by atoms with Crippen molar-refractivity contribution in [3.8, 4) is 0 Å². The van der Waals surface area contributed by atoms with E-state index in [-0.39, 0.29) is 24.2 Å². The quantitative estimate of drug-likeness (QED) is 0.459. The lowest BCUT2D eigenvalue weighted by Gasteiger charge is -2.38. The molecule has 0 N–H and O–H groups in total. The summed E-state index contributed by atoms with van der Waals surface area (Å²) >= 11 is 0. The summed E-state index contributed by atoms with van der Waals surface area (Å²) in [6, 6.07) is 0. The van der Waals surface area contributed by atoms with Gasteiger partial charge in [-0.3, -0.25) is 19.6 Å². The Labute approximate surface area is 147 Å². The molecular weight excluding hydrogens is 322 g/mol. The molecule has 0 spiro atoms. The molecule has 1 aromatic heterocycles. The van der Waals surface area contributed by atoms with E-state index in [1.807, 2.05) is 0 Å². The largest absolute Gasteiger partial charge is 0.462 e. The second kappa shape index (κ2) is 7.54. The number of carbonyl (C=O) groups is 1. The van der Waals surface area contributed by atoms with Crippen LogP contribution in [0.4, 0.5) is 5.69 Å². The molecule has 2 aliphatic carbocycles. The van der Waals surface area contributed by atoms with Crippen LogP contribution in [-0.2, 0) is 16.1 Å². The molecule has 2 fully saturated rings. The average Bonchev–Trinajstić information content (AvgIpc) is 2.86. The van der Waals surface area contributed by atoms with E-state index in [1.165, 1.54) is 36.8 Å². The van der Waals surface area contributed by atoms with E-state index in [9.17, 15) is 14.9 Å². The predicted molar refractivity (Wildman–Crippen MR) is 92.2 cm³/mol. The van der Waals surface area contributed by atoms with Gasteiger partial charge in [-0.25, -0.2) is 0 Å². The second-order valence-corrected chi connectivity index (χ2v) is 7.48. The first-order valence-corrected chi connectivity index (χ1v) is 9.33. The number of fused-ring (bicyclic) bond motifs is 1. The Hall–Kier alpha value is -1.92. The minimum absolute atomic E-state index is 0.0315. The summed E-state index contributed by atoms with van der Waals surface area (Å²) in [5.74, 6) is 1.33. The molecule has 0 radical (unpaired) electrons. The van der Waals surface area contributed by atoms with E-state index in [1.54, 1.807) is 13.8 Å². The van der Waals surface area contributed by atoms with Crippen molar-refractivity contribution in [2.24, 2.45) is 11.8 Å². The van der Waals surface area contributed by atoms with Gasteiger partial charge in [0.1, 0.15) is 17.5 Å². The number of nitrogens with zero attached hydrogens (tertiary/aromatic N) is 3. The summed E-state index contributed by atoms with van der Waals surface area (Å²) in [6.45, 7) is 3.59. The number of aromatic nitrogens is 2. The van der Waals surface area contributed by atoms with Crippen molar-refractivity contribution in [3.05, 3.63) is 21.5 Å². The molecular formula is C18H27N3O4. The van der Waals surface area contributed by atoms with Crippen LogP contribution in [0.5, 0.6) is 0 Å². The predicted octanol–water partition coefficient (Wildman–Crippen LogP) is 3.70. The van der Waals surface area contributed by atoms with Crippen molar-refractivity contribution < 1.29 is 14.5 Å². The average molecular weight is 349 g/mol. The van der Waals surface area contributed by atoms with Crippen LogP contribution < -0.4 is 0 Å². The molecule has 0 amide bonds. The third kappa shape index (κ3) is 4.02. The molecule has 1 aromatic rings. The van der Waals surface area contributed by atoms with E-state index in [0.29, 0.717) is 17.9 Å². The van der Waals surface area contributed by atoms with Crippen LogP contribution >= 0.6 is 0 Å². The molecule has 3 rings (SSSR count). The van der Waals surface area contributed by atoms with E-state index in [0.717, 1.165) is 24.7 Å². The lowest BCUT2D eigenvalue weighted by molar-refractivity contribution is -0.386. The maximum absolute atomic E-state index is 12.2. The normalized spacial score (nSPS) is 26.1. The molecule has 0 unspecified atom stereocenters. The summed E-state index contributed by atoms with van der Waals surface area (Å²) in [6.07, 6.45) is 8.65. The van der Waals surface area contributed by atoms with Crippen LogP contribution in [0, 0.1) is 35.8 Å². The molecule has 3 atom stereocenters. The summed E-state index contributed by atoms with van der Waals surface area (Å²) in [4.78, 5) is 22.8. The lowest BCUT2D eigenvalue weighted by Crippen LogP contribution is -2.33. The highest BCUT2D eigenvalue weighted by Gasteiger charge is 2.33. The topological polar surface area (TPSA) is 87.3 Å². The monoisotopic (exact) mass is 349 g/mol. The van der Waals surface area contributed by atoms with E-state index in [4.69, 9.17) is 4.74 Å². The van der Waals surface area contributed by atoms with Crippen LogP contribution in [0.3, 0.4) is 0 Å². The van der Waals surface area contributed by atoms with Crippen molar-refractivity contribution in [3.63, 3.8) is 0 Å². The Morgan fingerprint density at radius 2 is 1.96 bits per heavy atom. The summed E-state index contributed by atoms with van der Waals surface area (Å²) < 4.78 is 7.21. The molecule has 7 nitrogen and oxygen atoms in total. The van der Waals surface area contributed by atoms with Gasteiger partial charge < -0.3 is 4.74 Å². The summed E-state index contributed by atoms with van der Waals surface area (Å²) in [7, 11) is 0. The maximum Gasteiger partial charge on any atom is 0.312 e. The van der Waals surface area contributed by atoms with Crippen LogP contribution in [0.25, 0.3) is 0 Å². The molecule has 7 heteroatoms. The van der Waals surface area contributed by atoms with Crippen LogP contribution in [0.2, 0.25) is 0 Å². The molecule has 138 valence electrons. The number of hydrogen-bond acceptors (Lipinski definition) is 5. The first-order valence-electron chi connectivity index (χ1n) is 9.33. The number of aryl methyl sites for hydroxylation is 2. The second-order valence-electron chi connectivity index (χ2n) is 7.48. The fourth-order valence-corrected chi connectivity index (χ4v) is 4.55. The molecule has 0 bridgehead atoms. The van der Waals surface area contributed by atoms with Gasteiger partial charge in [0.25, 0.3) is 0 Å². The highest BCUT2D eigenvalue weighted by Crippen LogP contribution is 2.41. The van der Waals surface area contributed by atoms with Gasteiger partial charge >= 0.3 is 11.7 Å². The Morgan fingerprint density at radius 3 is 2.64 bits per heavy atom. The van der Waals surface area contributed by atoms with Crippen molar-refractivity contribution in [2.75, 3.05) is 0 Å². The number of ether oxygens (including phenoxy) is 1. The highest BCUT2D eigenvalue weighted by molar-refractivity contribution is 5.69. The third-order valence-corrected chi connectivity index (χ3v) is 5.84. The molecule has 25 heavy (non-hydrogen) atoms. The Bertz CT molecular complexity index is 655. The van der Waals surface area contributed by atoms with Gasteiger partial charge in [-0.15, -0.1) is 0 Å². The van der Waals surface area contributed by atoms with Crippen LogP contribution in [0.15, 0.2) is 0 Å². The smallest absolute Gasteiger partial charge is 0.312 e. The lowest BCUT2D eigenvalue weighted by atomic mass is 9.70. The fourth-order valence-electron chi connectivity index (χ4n) is 4.55. The zero-order valence-corrected chi connectivity index (χ0v) is 15.1. The molecule has 0 aromatic carbocycles. The molecule has 1 heterocycles. The van der Waals surface area contributed by atoms with Crippen molar-refractivity contribution >= 4 is 11.7 Å². The standard InChI is InChI=1S/C18H27N3O4/c1-12-18(21(23)24)13(2)20(19-12)10-9-17(22)25-16-8-7-14-5-3-4-6-15(14)11-16/h14-16H,3-11H2,1-2H3/t14-,15-,16-/m1/s1. The third-order valence-electron chi connectivity index (χ3n) is 5.84. The fraction of sp³-hybridized carbons (Fsp3) is 0.778. The van der Waals surface area contributed by atoms with Gasteiger partial charge in [0, 0.05) is 0 Å². The number of carbonyl (C=O) groups excluding carboxylic acids is 1. The molecule has 0 saturated heterocycles. The first kappa shape index (κ1) is 17.9. The SMILES string of the molecule is Cc1nn(CCC(=O)O[C@@H]2CC[C@H]3CCCC[C@@H]3C2)c(C)c1[N+](=O)[O-]. The van der Waals surface area contributed by atoms with Gasteiger partial charge in [-0.05, 0) is 44.9 Å². The van der Waals surface area contributed by atoms with Gasteiger partial charge in [0.05, 0.1) is 17.9 Å². The highest BCUT2D eigenvalue weighted by atomic mass is 16.6. The minimum atomic E-state index is -0.422. The maximum atomic E-state index is 12.2.